The van der Waals surface area contributed by atoms with E-state index < -0.39 is 17.1 Å². The summed E-state index contributed by atoms with van der Waals surface area (Å²) in [6, 6.07) is 3.10. The van der Waals surface area contributed by atoms with Crippen LogP contribution in [0.4, 0.5) is 5.82 Å². The van der Waals surface area contributed by atoms with Crippen LogP contribution in [-0.2, 0) is 9.59 Å². The third-order valence-electron chi connectivity index (χ3n) is 3.13. The van der Waals surface area contributed by atoms with Gasteiger partial charge in [0.05, 0.1) is 22.8 Å². The molecule has 25 heavy (non-hydrogen) atoms. The normalized spacial score (nSPS) is 11.6. The summed E-state index contributed by atoms with van der Waals surface area (Å²) in [7, 11) is 0. The van der Waals surface area contributed by atoms with Crippen molar-refractivity contribution < 1.29 is 23.3 Å². The lowest BCUT2D eigenvalue weighted by atomic mass is 10.2. The van der Waals surface area contributed by atoms with Gasteiger partial charge in [-0.25, -0.2) is 0 Å². The average molecular weight is 366 g/mol. The number of furan rings is 1. The lowest BCUT2D eigenvalue weighted by Crippen LogP contribution is -2.43. The van der Waals surface area contributed by atoms with Crippen LogP contribution >= 0.6 is 11.8 Å². The number of hydrogen-bond acceptors (Lipinski definition) is 7. The molecule has 2 aromatic rings. The van der Waals surface area contributed by atoms with Gasteiger partial charge in [0.15, 0.2) is 5.82 Å². The molecular weight excluding hydrogens is 348 g/mol. The molecule has 3 N–H and O–H groups in total. The second-order valence-corrected chi connectivity index (χ2v) is 6.49. The fraction of sp³-hybridized carbons (Fsp3) is 0.333. The van der Waals surface area contributed by atoms with E-state index in [-0.39, 0.29) is 11.7 Å². The molecule has 0 aliphatic heterocycles. The van der Waals surface area contributed by atoms with E-state index in [4.69, 9.17) is 8.94 Å². The number of hydrazine groups is 1. The van der Waals surface area contributed by atoms with Crippen molar-refractivity contribution in [1.29, 1.82) is 0 Å². The van der Waals surface area contributed by atoms with Crippen LogP contribution in [0.25, 0.3) is 0 Å². The van der Waals surface area contributed by atoms with E-state index in [0.29, 0.717) is 22.9 Å². The number of hydrogen-bond donors (Lipinski definition) is 3. The van der Waals surface area contributed by atoms with Crippen LogP contribution in [0.1, 0.15) is 28.8 Å². The predicted molar refractivity (Wildman–Crippen MR) is 90.8 cm³/mol. The maximum atomic E-state index is 12.0. The minimum Gasteiger partial charge on any atom is -0.469 e. The quantitative estimate of drug-likeness (QED) is 0.660. The number of rotatable bonds is 6. The van der Waals surface area contributed by atoms with Gasteiger partial charge in [0.1, 0.15) is 11.5 Å². The Hall–Kier alpha value is -2.75. The summed E-state index contributed by atoms with van der Waals surface area (Å²) >= 11 is 1.12. The number of aryl methyl sites for hydroxylation is 2. The first-order valence-electron chi connectivity index (χ1n) is 7.36. The molecule has 0 saturated carbocycles. The maximum Gasteiger partial charge on any atom is 0.273 e. The van der Waals surface area contributed by atoms with E-state index in [1.54, 1.807) is 26.8 Å². The Kier molecular flexibility index (Phi) is 6.23. The third-order valence-corrected chi connectivity index (χ3v) is 4.27. The van der Waals surface area contributed by atoms with Crippen LogP contribution in [0.15, 0.2) is 27.3 Å². The van der Waals surface area contributed by atoms with Gasteiger partial charge in [-0.2, -0.15) is 0 Å². The van der Waals surface area contributed by atoms with Crippen molar-refractivity contribution in [3.63, 3.8) is 0 Å². The van der Waals surface area contributed by atoms with Crippen LogP contribution in [0.5, 0.6) is 0 Å². The summed E-state index contributed by atoms with van der Waals surface area (Å²) < 4.78 is 9.87. The zero-order valence-corrected chi connectivity index (χ0v) is 14.7. The molecule has 9 nitrogen and oxygen atoms in total. The smallest absolute Gasteiger partial charge is 0.273 e. The lowest BCUT2D eigenvalue weighted by molar-refractivity contribution is -0.119. The molecule has 0 saturated heterocycles. The number of amides is 3. The van der Waals surface area contributed by atoms with Crippen molar-refractivity contribution in [3.05, 3.63) is 35.5 Å². The van der Waals surface area contributed by atoms with Crippen LogP contribution in [-0.4, -0.2) is 33.9 Å². The Labute approximate surface area is 147 Å². The molecule has 0 aromatic carbocycles. The van der Waals surface area contributed by atoms with Gasteiger partial charge in [0.25, 0.3) is 5.91 Å². The minimum atomic E-state index is -0.491. The number of aromatic nitrogens is 1. The summed E-state index contributed by atoms with van der Waals surface area (Å²) in [6.07, 6.45) is 1.39. The highest BCUT2D eigenvalue weighted by molar-refractivity contribution is 8.01. The number of carbonyl (C=O) groups excluding carboxylic acids is 3. The molecule has 0 aliphatic carbocycles. The fourth-order valence-corrected chi connectivity index (χ4v) is 2.46. The zero-order valence-electron chi connectivity index (χ0n) is 13.9. The SMILES string of the molecule is Cc1cc(NC(=O)[C@@H](C)SCC(=O)NNC(=O)c2ccoc2C)no1. The highest BCUT2D eigenvalue weighted by atomic mass is 32.2. The van der Waals surface area contributed by atoms with Crippen LogP contribution in [0, 0.1) is 13.8 Å². The maximum absolute atomic E-state index is 12.0. The molecular formula is C15H18N4O5S. The molecule has 0 bridgehead atoms. The molecule has 134 valence electrons. The Morgan fingerprint density at radius 2 is 2.04 bits per heavy atom. The molecule has 0 unspecified atom stereocenters. The highest BCUT2D eigenvalue weighted by Crippen LogP contribution is 2.14. The topological polar surface area (TPSA) is 126 Å². The first-order valence-corrected chi connectivity index (χ1v) is 8.40. The first-order chi connectivity index (χ1) is 11.9. The molecule has 1 atom stereocenters. The Morgan fingerprint density at radius 1 is 1.28 bits per heavy atom. The summed E-state index contributed by atoms with van der Waals surface area (Å²) in [6.45, 7) is 5.02. The number of thioether (sulfide) groups is 1. The largest absolute Gasteiger partial charge is 0.469 e. The van der Waals surface area contributed by atoms with Gasteiger partial charge in [-0.1, -0.05) is 5.16 Å². The molecule has 0 aliphatic rings. The van der Waals surface area contributed by atoms with Crippen LogP contribution in [0.3, 0.4) is 0 Å². The van der Waals surface area contributed by atoms with E-state index in [1.807, 2.05) is 0 Å². The van der Waals surface area contributed by atoms with Crippen LogP contribution < -0.4 is 16.2 Å². The molecule has 0 radical (unpaired) electrons. The van der Waals surface area contributed by atoms with Crippen molar-refractivity contribution in [2.45, 2.75) is 26.0 Å². The summed E-state index contributed by atoms with van der Waals surface area (Å²) in [5.41, 5.74) is 4.91. The van der Waals surface area contributed by atoms with Gasteiger partial charge < -0.3 is 14.3 Å². The summed E-state index contributed by atoms with van der Waals surface area (Å²) in [4.78, 5) is 35.5. The lowest BCUT2D eigenvalue weighted by Gasteiger charge is -2.11. The van der Waals surface area contributed by atoms with Gasteiger partial charge in [0, 0.05) is 6.07 Å². The number of carbonyl (C=O) groups is 3. The van der Waals surface area contributed by atoms with E-state index >= 15 is 0 Å². The van der Waals surface area contributed by atoms with Gasteiger partial charge in [-0.3, -0.25) is 25.2 Å². The van der Waals surface area contributed by atoms with E-state index in [0.717, 1.165) is 11.8 Å². The van der Waals surface area contributed by atoms with Gasteiger partial charge in [-0.05, 0) is 26.8 Å². The first kappa shape index (κ1) is 18.6. The highest BCUT2D eigenvalue weighted by Gasteiger charge is 2.17. The Bertz CT molecular complexity index is 770. The van der Waals surface area contributed by atoms with Crippen molar-refractivity contribution >= 4 is 35.3 Å². The van der Waals surface area contributed by atoms with E-state index in [1.165, 1.54) is 12.3 Å². The third kappa shape index (κ3) is 5.38. The second kappa shape index (κ2) is 8.38. The average Bonchev–Trinajstić information content (AvgIpc) is 3.18. The number of nitrogens with zero attached hydrogens (tertiary/aromatic N) is 1. The molecule has 2 rings (SSSR count). The number of anilines is 1. The molecule has 10 heteroatoms. The van der Waals surface area contributed by atoms with Crippen molar-refractivity contribution in [2.75, 3.05) is 11.1 Å². The second-order valence-electron chi connectivity index (χ2n) is 5.16. The monoisotopic (exact) mass is 366 g/mol. The fourth-order valence-electron chi connectivity index (χ4n) is 1.78. The Morgan fingerprint density at radius 3 is 2.64 bits per heavy atom. The van der Waals surface area contributed by atoms with Crippen LogP contribution in [0.2, 0.25) is 0 Å². The summed E-state index contributed by atoms with van der Waals surface area (Å²) in [5, 5.41) is 5.76. The van der Waals surface area contributed by atoms with Crippen molar-refractivity contribution in [2.24, 2.45) is 0 Å². The predicted octanol–water partition coefficient (Wildman–Crippen LogP) is 1.41. The van der Waals surface area contributed by atoms with Gasteiger partial charge >= 0.3 is 0 Å². The zero-order chi connectivity index (χ0) is 18.4. The van der Waals surface area contributed by atoms with E-state index in [2.05, 4.69) is 21.3 Å². The number of nitrogens with one attached hydrogen (secondary N) is 3. The summed E-state index contributed by atoms with van der Waals surface area (Å²) in [5.74, 6) is 0.143. The molecule has 2 heterocycles. The molecule has 2 aromatic heterocycles. The van der Waals surface area contributed by atoms with Crippen molar-refractivity contribution in [3.8, 4) is 0 Å². The minimum absolute atomic E-state index is 0.00290. The molecule has 0 spiro atoms. The van der Waals surface area contributed by atoms with Gasteiger partial charge in [-0.15, -0.1) is 11.8 Å². The molecule has 0 fully saturated rings. The van der Waals surface area contributed by atoms with Gasteiger partial charge in [0.2, 0.25) is 11.8 Å². The van der Waals surface area contributed by atoms with Crippen molar-refractivity contribution in [1.82, 2.24) is 16.0 Å². The Balaban J connectivity index is 1.71. The van der Waals surface area contributed by atoms with E-state index in [9.17, 15) is 14.4 Å². The molecule has 3 amide bonds. The standard InChI is InChI=1S/C15H18N4O5S/c1-8-6-12(19-24-8)16-14(21)10(3)25-7-13(20)17-18-15(22)11-4-5-23-9(11)2/h4-6,10H,7H2,1-3H3,(H,17,20)(H,18,22)(H,16,19,21)/t10-/m1/s1.